The zero-order valence-corrected chi connectivity index (χ0v) is 13.0. The van der Waals surface area contributed by atoms with E-state index in [9.17, 15) is 9.90 Å². The van der Waals surface area contributed by atoms with Gasteiger partial charge < -0.3 is 21.5 Å². The van der Waals surface area contributed by atoms with Gasteiger partial charge in [0.25, 0.3) is 0 Å². The van der Waals surface area contributed by atoms with Crippen molar-refractivity contribution in [3.05, 3.63) is 23.8 Å². The Balaban J connectivity index is 2.65. The molecule has 1 unspecified atom stereocenters. The summed E-state index contributed by atoms with van der Waals surface area (Å²) in [5.41, 5.74) is 6.97. The summed E-state index contributed by atoms with van der Waals surface area (Å²) in [6.07, 6.45) is 3.31. The van der Waals surface area contributed by atoms with Crippen molar-refractivity contribution in [1.82, 2.24) is 5.32 Å². The molecular formula is C16H27N3O2. The number of carbonyl (C=O) groups is 1. The second-order valence-corrected chi connectivity index (χ2v) is 5.24. The van der Waals surface area contributed by atoms with E-state index in [1.165, 1.54) is 0 Å². The normalized spacial score (nSPS) is 12.1. The van der Waals surface area contributed by atoms with Crippen LogP contribution in [0.2, 0.25) is 0 Å². The molecule has 1 aromatic carbocycles. The number of hydrogen-bond acceptors (Lipinski definition) is 4. The van der Waals surface area contributed by atoms with Crippen LogP contribution in [0.25, 0.3) is 0 Å². The van der Waals surface area contributed by atoms with Crippen LogP contribution < -0.4 is 16.4 Å². The van der Waals surface area contributed by atoms with Gasteiger partial charge in [0.05, 0.1) is 0 Å². The van der Waals surface area contributed by atoms with Crippen LogP contribution in [0.3, 0.4) is 0 Å². The standard InChI is InChI=1S/C16H27N3O2/c1-3-6-16(21)19-13-7-8-15(20)14(11-13)12(2)18-10-5-4-9-17/h7-8,11-12,18,20H,3-6,9-10,17H2,1-2H3,(H,19,21). The highest BCUT2D eigenvalue weighted by Crippen LogP contribution is 2.27. The number of phenolic OH excluding ortho intramolecular Hbond substituents is 1. The van der Waals surface area contributed by atoms with E-state index in [-0.39, 0.29) is 17.7 Å². The number of phenols is 1. The average molecular weight is 293 g/mol. The second-order valence-electron chi connectivity index (χ2n) is 5.24. The lowest BCUT2D eigenvalue weighted by molar-refractivity contribution is -0.116. The molecule has 1 aromatic rings. The molecule has 0 saturated carbocycles. The van der Waals surface area contributed by atoms with Crippen molar-refractivity contribution in [2.75, 3.05) is 18.4 Å². The first-order chi connectivity index (χ1) is 10.1. The van der Waals surface area contributed by atoms with Gasteiger partial charge in [-0.25, -0.2) is 0 Å². The minimum absolute atomic E-state index is 0.00213. The molecule has 0 saturated heterocycles. The number of benzene rings is 1. The van der Waals surface area contributed by atoms with Crippen molar-refractivity contribution >= 4 is 11.6 Å². The van der Waals surface area contributed by atoms with Crippen LogP contribution in [-0.4, -0.2) is 24.1 Å². The number of nitrogens with two attached hydrogens (primary N) is 1. The Kier molecular flexibility index (Phi) is 7.79. The molecule has 5 N–H and O–H groups in total. The van der Waals surface area contributed by atoms with Gasteiger partial charge in [-0.2, -0.15) is 0 Å². The third kappa shape index (κ3) is 6.14. The number of aromatic hydroxyl groups is 1. The van der Waals surface area contributed by atoms with Gasteiger partial charge in [0.1, 0.15) is 5.75 Å². The van der Waals surface area contributed by atoms with Crippen LogP contribution in [0.1, 0.15) is 51.1 Å². The summed E-state index contributed by atoms with van der Waals surface area (Å²) in [6.45, 7) is 5.51. The number of amides is 1. The van der Waals surface area contributed by atoms with E-state index in [0.717, 1.165) is 37.1 Å². The molecule has 5 nitrogen and oxygen atoms in total. The number of carbonyl (C=O) groups excluding carboxylic acids is 1. The highest BCUT2D eigenvalue weighted by molar-refractivity contribution is 5.90. The van der Waals surface area contributed by atoms with E-state index in [1.54, 1.807) is 12.1 Å². The van der Waals surface area contributed by atoms with Crippen molar-refractivity contribution in [2.45, 2.75) is 45.6 Å². The van der Waals surface area contributed by atoms with Crippen molar-refractivity contribution in [2.24, 2.45) is 5.73 Å². The predicted molar refractivity (Wildman–Crippen MR) is 86.4 cm³/mol. The van der Waals surface area contributed by atoms with Gasteiger partial charge >= 0.3 is 0 Å². The average Bonchev–Trinajstić information content (AvgIpc) is 2.45. The molecule has 21 heavy (non-hydrogen) atoms. The number of nitrogens with one attached hydrogen (secondary N) is 2. The van der Waals surface area contributed by atoms with Gasteiger partial charge in [0.2, 0.25) is 5.91 Å². The van der Waals surface area contributed by atoms with Gasteiger partial charge in [0.15, 0.2) is 0 Å². The molecule has 0 spiro atoms. The van der Waals surface area contributed by atoms with Crippen LogP contribution >= 0.6 is 0 Å². The Morgan fingerprint density at radius 2 is 2.14 bits per heavy atom. The highest BCUT2D eigenvalue weighted by atomic mass is 16.3. The summed E-state index contributed by atoms with van der Waals surface area (Å²) in [6, 6.07) is 5.18. The van der Waals surface area contributed by atoms with Gasteiger partial charge in [-0.3, -0.25) is 4.79 Å². The first-order valence-electron chi connectivity index (χ1n) is 7.64. The maximum Gasteiger partial charge on any atom is 0.224 e. The fraction of sp³-hybridized carbons (Fsp3) is 0.562. The zero-order valence-electron chi connectivity index (χ0n) is 13.0. The van der Waals surface area contributed by atoms with Crippen molar-refractivity contribution < 1.29 is 9.90 Å². The van der Waals surface area contributed by atoms with Crippen LogP contribution in [-0.2, 0) is 4.79 Å². The lowest BCUT2D eigenvalue weighted by Gasteiger charge is -2.17. The summed E-state index contributed by atoms with van der Waals surface area (Å²) < 4.78 is 0. The molecule has 5 heteroatoms. The van der Waals surface area contributed by atoms with Crippen LogP contribution in [0.15, 0.2) is 18.2 Å². The maximum atomic E-state index is 11.6. The number of hydrogen-bond donors (Lipinski definition) is 4. The molecule has 1 rings (SSSR count). The van der Waals surface area contributed by atoms with Crippen LogP contribution in [0.4, 0.5) is 5.69 Å². The molecule has 0 fully saturated rings. The Hall–Kier alpha value is -1.59. The van der Waals surface area contributed by atoms with E-state index in [1.807, 2.05) is 19.9 Å². The third-order valence-electron chi connectivity index (χ3n) is 3.34. The second kappa shape index (κ2) is 9.37. The fourth-order valence-corrected chi connectivity index (χ4v) is 2.13. The van der Waals surface area contributed by atoms with Gasteiger partial charge in [-0.1, -0.05) is 6.92 Å². The van der Waals surface area contributed by atoms with Crippen LogP contribution in [0.5, 0.6) is 5.75 Å². The molecule has 0 aromatic heterocycles. The lowest BCUT2D eigenvalue weighted by atomic mass is 10.1. The summed E-state index contributed by atoms with van der Waals surface area (Å²) in [4.78, 5) is 11.6. The molecule has 0 aliphatic rings. The van der Waals surface area contributed by atoms with Crippen molar-refractivity contribution in [3.63, 3.8) is 0 Å². The smallest absolute Gasteiger partial charge is 0.224 e. The molecule has 1 amide bonds. The van der Waals surface area contributed by atoms with E-state index < -0.39 is 0 Å². The number of rotatable bonds is 9. The van der Waals surface area contributed by atoms with Gasteiger partial charge in [-0.15, -0.1) is 0 Å². The fourth-order valence-electron chi connectivity index (χ4n) is 2.13. The number of unbranched alkanes of at least 4 members (excludes halogenated alkanes) is 1. The summed E-state index contributed by atoms with van der Waals surface area (Å²) >= 11 is 0. The molecule has 0 aliphatic carbocycles. The highest BCUT2D eigenvalue weighted by Gasteiger charge is 2.11. The van der Waals surface area contributed by atoms with E-state index >= 15 is 0 Å². The molecule has 0 aliphatic heterocycles. The van der Waals surface area contributed by atoms with Gasteiger partial charge in [0, 0.05) is 23.7 Å². The minimum atomic E-state index is -0.00213. The largest absolute Gasteiger partial charge is 0.508 e. The van der Waals surface area contributed by atoms with Crippen molar-refractivity contribution in [3.8, 4) is 5.75 Å². The molecule has 1 atom stereocenters. The molecule has 0 bridgehead atoms. The Labute approximate surface area is 126 Å². The minimum Gasteiger partial charge on any atom is -0.508 e. The van der Waals surface area contributed by atoms with Gasteiger partial charge in [-0.05, 0) is 57.5 Å². The lowest BCUT2D eigenvalue weighted by Crippen LogP contribution is -2.21. The Morgan fingerprint density at radius 3 is 2.81 bits per heavy atom. The van der Waals surface area contributed by atoms with E-state index in [0.29, 0.717) is 13.0 Å². The first kappa shape index (κ1) is 17.5. The molecule has 0 radical (unpaired) electrons. The van der Waals surface area contributed by atoms with E-state index in [2.05, 4.69) is 10.6 Å². The summed E-state index contributed by atoms with van der Waals surface area (Å²) in [5.74, 6) is 0.236. The monoisotopic (exact) mass is 293 g/mol. The molecule has 118 valence electrons. The third-order valence-corrected chi connectivity index (χ3v) is 3.34. The molecular weight excluding hydrogens is 266 g/mol. The Morgan fingerprint density at radius 1 is 1.38 bits per heavy atom. The summed E-state index contributed by atoms with van der Waals surface area (Å²) in [5, 5.41) is 16.2. The SMILES string of the molecule is CCCC(=O)Nc1ccc(O)c(C(C)NCCCCN)c1. The quantitative estimate of drug-likeness (QED) is 0.416. The predicted octanol–water partition coefficient (Wildman–Crippen LogP) is 2.52. The van der Waals surface area contributed by atoms with E-state index in [4.69, 9.17) is 5.73 Å². The first-order valence-corrected chi connectivity index (χ1v) is 7.64. The topological polar surface area (TPSA) is 87.4 Å². The Bertz CT molecular complexity index is 449. The van der Waals surface area contributed by atoms with Crippen LogP contribution in [0, 0.1) is 0 Å². The molecule has 0 heterocycles. The maximum absolute atomic E-state index is 11.6. The van der Waals surface area contributed by atoms with Crippen molar-refractivity contribution in [1.29, 1.82) is 0 Å². The number of anilines is 1. The zero-order chi connectivity index (χ0) is 15.7. The summed E-state index contributed by atoms with van der Waals surface area (Å²) in [7, 11) is 0.